The first-order chi connectivity index (χ1) is 8.25. The molecule has 2 heteroatoms. The summed E-state index contributed by atoms with van der Waals surface area (Å²) in [4.78, 5) is 2.53. The summed E-state index contributed by atoms with van der Waals surface area (Å²) in [6.45, 7) is 5.68. The second-order valence-electron chi connectivity index (χ2n) is 5.20. The van der Waals surface area contributed by atoms with E-state index in [1.807, 2.05) is 0 Å². The Morgan fingerprint density at radius 2 is 1.82 bits per heavy atom. The minimum absolute atomic E-state index is 0.779. The first-order valence-electron chi connectivity index (χ1n) is 6.72. The Labute approximate surface area is 105 Å². The Bertz CT molecular complexity index is 325. The second-order valence-corrected chi connectivity index (χ2v) is 5.20. The van der Waals surface area contributed by atoms with Crippen LogP contribution in [0.3, 0.4) is 0 Å². The van der Waals surface area contributed by atoms with Crippen molar-refractivity contribution in [3.8, 4) is 0 Å². The van der Waals surface area contributed by atoms with Gasteiger partial charge < -0.3 is 10.2 Å². The molecule has 0 unspecified atom stereocenters. The third kappa shape index (κ3) is 3.83. The zero-order chi connectivity index (χ0) is 12.1. The zero-order valence-electron chi connectivity index (χ0n) is 11.1. The number of hydrogen-bond donors (Lipinski definition) is 1. The number of hydrogen-bond acceptors (Lipinski definition) is 2. The Balaban J connectivity index is 1.78. The summed E-state index contributed by atoms with van der Waals surface area (Å²) in [6, 6.07) is 9.71. The lowest BCUT2D eigenvalue weighted by molar-refractivity contribution is 0.201. The summed E-state index contributed by atoms with van der Waals surface area (Å²) in [6.07, 6.45) is 3.76. The fourth-order valence-electron chi connectivity index (χ4n) is 2.49. The highest BCUT2D eigenvalue weighted by molar-refractivity contribution is 5.21. The molecule has 1 heterocycles. The highest BCUT2D eigenvalue weighted by Crippen LogP contribution is 2.11. The van der Waals surface area contributed by atoms with Gasteiger partial charge in [-0.1, -0.05) is 29.8 Å². The van der Waals surface area contributed by atoms with Crippen molar-refractivity contribution < 1.29 is 0 Å². The molecule has 0 aromatic heterocycles. The normalized spacial score (nSPS) is 17.6. The topological polar surface area (TPSA) is 15.3 Å². The molecule has 1 N–H and O–H groups in total. The summed E-state index contributed by atoms with van der Waals surface area (Å²) in [5.74, 6) is 0. The van der Waals surface area contributed by atoms with E-state index in [0.29, 0.717) is 0 Å². The van der Waals surface area contributed by atoms with Gasteiger partial charge in [-0.2, -0.15) is 0 Å². The minimum atomic E-state index is 0.779. The summed E-state index contributed by atoms with van der Waals surface area (Å²) in [5.41, 5.74) is 2.80. The number of benzene rings is 1. The lowest BCUT2D eigenvalue weighted by atomic mass is 10.0. The van der Waals surface area contributed by atoms with Gasteiger partial charge in [0.15, 0.2) is 0 Å². The molecule has 0 radical (unpaired) electrons. The summed E-state index contributed by atoms with van der Waals surface area (Å²) in [7, 11) is 2.27. The second kappa shape index (κ2) is 6.18. The van der Waals surface area contributed by atoms with E-state index in [-0.39, 0.29) is 0 Å². The van der Waals surface area contributed by atoms with E-state index in [4.69, 9.17) is 0 Å². The molecule has 1 aliphatic heterocycles. The molecule has 2 rings (SSSR count). The molecule has 0 saturated carbocycles. The first-order valence-corrected chi connectivity index (χ1v) is 6.72. The zero-order valence-corrected chi connectivity index (χ0v) is 11.1. The fourth-order valence-corrected chi connectivity index (χ4v) is 2.49. The van der Waals surface area contributed by atoms with Crippen molar-refractivity contribution >= 4 is 0 Å². The van der Waals surface area contributed by atoms with Gasteiger partial charge in [-0.25, -0.2) is 0 Å². The number of piperidine rings is 1. The smallest absolute Gasteiger partial charge is 0.0116 e. The van der Waals surface area contributed by atoms with Gasteiger partial charge in [0, 0.05) is 12.6 Å². The maximum absolute atomic E-state index is 3.42. The monoisotopic (exact) mass is 232 g/mol. The van der Waals surface area contributed by atoms with Crippen LogP contribution in [0.15, 0.2) is 24.3 Å². The summed E-state index contributed by atoms with van der Waals surface area (Å²) in [5, 5.41) is 3.42. The molecule has 0 atom stereocenters. The van der Waals surface area contributed by atoms with Gasteiger partial charge in [0.2, 0.25) is 0 Å². The highest BCUT2D eigenvalue weighted by Gasteiger charge is 2.16. The largest absolute Gasteiger partial charge is 0.317 e. The van der Waals surface area contributed by atoms with Crippen LogP contribution in [-0.2, 0) is 6.42 Å². The van der Waals surface area contributed by atoms with Crippen molar-refractivity contribution in [2.24, 2.45) is 0 Å². The van der Waals surface area contributed by atoms with E-state index in [2.05, 4.69) is 48.5 Å². The Hall–Kier alpha value is -0.860. The van der Waals surface area contributed by atoms with Crippen LogP contribution in [0.1, 0.15) is 24.0 Å². The van der Waals surface area contributed by atoms with Gasteiger partial charge in [0.25, 0.3) is 0 Å². The summed E-state index contributed by atoms with van der Waals surface area (Å²) < 4.78 is 0. The molecule has 94 valence electrons. The van der Waals surface area contributed by atoms with Crippen LogP contribution in [-0.4, -0.2) is 37.6 Å². The molecule has 0 spiro atoms. The molecule has 0 aliphatic carbocycles. The van der Waals surface area contributed by atoms with Gasteiger partial charge in [-0.3, -0.25) is 0 Å². The molecule has 0 amide bonds. The van der Waals surface area contributed by atoms with Crippen LogP contribution < -0.4 is 5.32 Å². The lowest BCUT2D eigenvalue weighted by Crippen LogP contribution is -2.41. The van der Waals surface area contributed by atoms with Crippen LogP contribution in [0, 0.1) is 6.92 Å². The maximum atomic E-state index is 3.42. The van der Waals surface area contributed by atoms with Crippen molar-refractivity contribution in [1.82, 2.24) is 10.2 Å². The van der Waals surface area contributed by atoms with Crippen LogP contribution in [0.5, 0.6) is 0 Å². The van der Waals surface area contributed by atoms with Crippen molar-refractivity contribution in [2.45, 2.75) is 32.2 Å². The first kappa shape index (κ1) is 12.6. The molecule has 1 aromatic carbocycles. The molecule has 1 fully saturated rings. The Morgan fingerprint density at radius 1 is 1.18 bits per heavy atom. The van der Waals surface area contributed by atoms with Crippen molar-refractivity contribution in [1.29, 1.82) is 0 Å². The van der Waals surface area contributed by atoms with Gasteiger partial charge in [-0.15, -0.1) is 0 Å². The van der Waals surface area contributed by atoms with Gasteiger partial charge in [0.1, 0.15) is 0 Å². The molecular formula is C15H24N2. The average Bonchev–Trinajstić information content (AvgIpc) is 2.39. The van der Waals surface area contributed by atoms with Crippen LogP contribution in [0.4, 0.5) is 0 Å². The number of nitrogens with one attached hydrogen (secondary N) is 1. The van der Waals surface area contributed by atoms with Crippen molar-refractivity contribution in [3.63, 3.8) is 0 Å². The standard InChI is InChI=1S/C15H24N2/c1-13-3-5-14(6-4-13)9-12-17(2)15-7-10-16-11-8-15/h3-6,15-16H,7-12H2,1-2H3. The lowest BCUT2D eigenvalue weighted by Gasteiger charge is -2.31. The van der Waals surface area contributed by atoms with E-state index in [1.54, 1.807) is 0 Å². The van der Waals surface area contributed by atoms with E-state index < -0.39 is 0 Å². The Kier molecular flexibility index (Phi) is 4.57. The molecule has 2 nitrogen and oxygen atoms in total. The third-order valence-corrected chi connectivity index (χ3v) is 3.81. The number of likely N-dealkylation sites (N-methyl/N-ethyl adjacent to an activating group) is 1. The maximum Gasteiger partial charge on any atom is 0.0116 e. The predicted molar refractivity (Wildman–Crippen MR) is 73.4 cm³/mol. The minimum Gasteiger partial charge on any atom is -0.317 e. The SMILES string of the molecule is Cc1ccc(CCN(C)C2CCNCC2)cc1. The van der Waals surface area contributed by atoms with Crippen LogP contribution >= 0.6 is 0 Å². The quantitative estimate of drug-likeness (QED) is 0.856. The molecule has 17 heavy (non-hydrogen) atoms. The highest BCUT2D eigenvalue weighted by atomic mass is 15.1. The van der Waals surface area contributed by atoms with Crippen LogP contribution in [0.25, 0.3) is 0 Å². The van der Waals surface area contributed by atoms with Crippen LogP contribution in [0.2, 0.25) is 0 Å². The number of aryl methyl sites for hydroxylation is 1. The molecule has 0 bridgehead atoms. The van der Waals surface area contributed by atoms with Crippen molar-refractivity contribution in [2.75, 3.05) is 26.7 Å². The van der Waals surface area contributed by atoms with E-state index in [1.165, 1.54) is 50.0 Å². The van der Waals surface area contributed by atoms with E-state index in [0.717, 1.165) is 6.04 Å². The van der Waals surface area contributed by atoms with Gasteiger partial charge in [-0.05, 0) is 51.9 Å². The fraction of sp³-hybridized carbons (Fsp3) is 0.600. The predicted octanol–water partition coefficient (Wildman–Crippen LogP) is 2.22. The molecule has 1 aromatic rings. The van der Waals surface area contributed by atoms with Gasteiger partial charge >= 0.3 is 0 Å². The summed E-state index contributed by atoms with van der Waals surface area (Å²) >= 11 is 0. The number of nitrogens with zero attached hydrogens (tertiary/aromatic N) is 1. The molecule has 1 aliphatic rings. The van der Waals surface area contributed by atoms with E-state index in [9.17, 15) is 0 Å². The molecular weight excluding hydrogens is 208 g/mol. The van der Waals surface area contributed by atoms with Gasteiger partial charge in [0.05, 0.1) is 0 Å². The third-order valence-electron chi connectivity index (χ3n) is 3.81. The number of rotatable bonds is 4. The average molecular weight is 232 g/mol. The van der Waals surface area contributed by atoms with Crippen molar-refractivity contribution in [3.05, 3.63) is 35.4 Å². The Morgan fingerprint density at radius 3 is 2.47 bits per heavy atom. The molecule has 1 saturated heterocycles. The van der Waals surface area contributed by atoms with E-state index >= 15 is 0 Å².